The van der Waals surface area contributed by atoms with E-state index in [0.717, 1.165) is 40.0 Å². The summed E-state index contributed by atoms with van der Waals surface area (Å²) in [6.45, 7) is 1.43. The van der Waals surface area contributed by atoms with Crippen LogP contribution in [0.2, 0.25) is 0 Å². The van der Waals surface area contributed by atoms with Gasteiger partial charge in [-0.2, -0.15) is 5.10 Å². The summed E-state index contributed by atoms with van der Waals surface area (Å²) < 4.78 is 38.1. The lowest BCUT2D eigenvalue weighted by atomic mass is 10.0. The number of aryl methyl sites for hydroxylation is 1. The Labute approximate surface area is 264 Å². The average Bonchev–Trinajstić information content (AvgIpc) is 3.68. The molecule has 0 fully saturated rings. The van der Waals surface area contributed by atoms with Gasteiger partial charge in [0.2, 0.25) is 0 Å². The van der Waals surface area contributed by atoms with E-state index in [1.165, 1.54) is 24.0 Å². The molecule has 0 aliphatic carbocycles. The summed E-state index contributed by atoms with van der Waals surface area (Å²) in [6.07, 6.45) is 5.05. The fourth-order valence-electron chi connectivity index (χ4n) is 5.53. The Balaban J connectivity index is 1.19. The van der Waals surface area contributed by atoms with E-state index in [9.17, 15) is 12.8 Å². The van der Waals surface area contributed by atoms with Crippen molar-refractivity contribution in [2.75, 3.05) is 12.0 Å². The second-order valence-corrected chi connectivity index (χ2v) is 13.6. The molecule has 9 nitrogen and oxygen atoms in total. The van der Waals surface area contributed by atoms with E-state index in [1.54, 1.807) is 6.20 Å². The van der Waals surface area contributed by atoms with Gasteiger partial charge < -0.3 is 10.3 Å². The molecule has 7 rings (SSSR count). The first kappa shape index (κ1) is 29.5. The number of pyridine rings is 2. The molecule has 7 aromatic rings. The first-order chi connectivity index (χ1) is 22.3. The molecule has 0 atom stereocenters. The summed E-state index contributed by atoms with van der Waals surface area (Å²) >= 11 is 0. The van der Waals surface area contributed by atoms with Gasteiger partial charge in [-0.15, -0.1) is 0 Å². The quantitative estimate of drug-likeness (QED) is 0.163. The van der Waals surface area contributed by atoms with Crippen LogP contribution in [0.25, 0.3) is 56.0 Å². The molecule has 230 valence electrons. The number of benzene rings is 3. The van der Waals surface area contributed by atoms with Crippen molar-refractivity contribution in [3.63, 3.8) is 0 Å². The monoisotopic (exact) mass is 631 g/mol. The van der Waals surface area contributed by atoms with Crippen LogP contribution in [0.1, 0.15) is 16.7 Å². The molecule has 46 heavy (non-hydrogen) atoms. The number of aromatic amines is 2. The zero-order valence-electron chi connectivity index (χ0n) is 25.0. The number of sulfone groups is 1. The fraction of sp³-hybridized carbons (Fsp3) is 0.143. The molecule has 0 aliphatic rings. The SMILES string of the molecule is CS(=O)(=O)CCc1cc(F)cc(-c2cccc3[nH]c(-c4n[nH]c5ccc(-c6cncc(CNCc7ccccc7)c6)nc45)nc23)c1. The summed E-state index contributed by atoms with van der Waals surface area (Å²) in [4.78, 5) is 17.6. The summed E-state index contributed by atoms with van der Waals surface area (Å²) in [5, 5.41) is 11.1. The Morgan fingerprint density at radius 3 is 2.46 bits per heavy atom. The maximum Gasteiger partial charge on any atom is 0.161 e. The maximum absolute atomic E-state index is 14.7. The van der Waals surface area contributed by atoms with Crippen molar-refractivity contribution in [2.24, 2.45) is 0 Å². The molecule has 4 heterocycles. The molecule has 0 spiro atoms. The van der Waals surface area contributed by atoms with Crippen LogP contribution in [-0.2, 0) is 29.3 Å². The molecule has 0 unspecified atom stereocenters. The van der Waals surface area contributed by atoms with Crippen LogP contribution in [0.5, 0.6) is 0 Å². The van der Waals surface area contributed by atoms with E-state index in [-0.39, 0.29) is 12.2 Å². The Morgan fingerprint density at radius 1 is 0.783 bits per heavy atom. The summed E-state index contributed by atoms with van der Waals surface area (Å²) in [6, 6.07) is 26.5. The lowest BCUT2D eigenvalue weighted by Crippen LogP contribution is -2.12. The minimum Gasteiger partial charge on any atom is -0.336 e. The fourth-order valence-corrected chi connectivity index (χ4v) is 6.13. The molecule has 11 heteroatoms. The van der Waals surface area contributed by atoms with Crippen molar-refractivity contribution in [1.82, 2.24) is 35.5 Å². The lowest BCUT2D eigenvalue weighted by Gasteiger charge is -2.07. The van der Waals surface area contributed by atoms with Crippen molar-refractivity contribution in [1.29, 1.82) is 0 Å². The highest BCUT2D eigenvalue weighted by atomic mass is 32.2. The number of nitrogens with one attached hydrogen (secondary N) is 3. The summed E-state index contributed by atoms with van der Waals surface area (Å²) in [5.41, 5.74) is 9.21. The van der Waals surface area contributed by atoms with Gasteiger partial charge in [0.1, 0.15) is 21.2 Å². The number of aromatic nitrogens is 6. The van der Waals surface area contributed by atoms with Gasteiger partial charge in [-0.25, -0.2) is 22.8 Å². The third-order valence-electron chi connectivity index (χ3n) is 7.77. The molecule has 0 amide bonds. The topological polar surface area (TPSA) is 129 Å². The molecular weight excluding hydrogens is 601 g/mol. The standard InChI is InChI=1S/C35H30FN7O2S/c1-46(44,45)13-12-23-14-25(17-27(36)16-23)28-8-5-9-30-32(28)41-35(40-30)34-33-31(42-43-34)11-10-29(39-33)26-15-24(20-38-21-26)19-37-18-22-6-3-2-4-7-22/h2-11,14-17,20-21,37H,12-13,18-19H2,1H3,(H,40,41)(H,42,43). The third-order valence-corrected chi connectivity index (χ3v) is 8.71. The molecule has 0 saturated heterocycles. The van der Waals surface area contributed by atoms with Crippen molar-refractivity contribution in [2.45, 2.75) is 19.5 Å². The van der Waals surface area contributed by atoms with E-state index < -0.39 is 15.7 Å². The number of hydrogen-bond donors (Lipinski definition) is 3. The van der Waals surface area contributed by atoms with Crippen molar-refractivity contribution in [3.8, 4) is 33.9 Å². The lowest BCUT2D eigenvalue weighted by molar-refractivity contribution is 0.600. The predicted octanol–water partition coefficient (Wildman–Crippen LogP) is 6.25. The van der Waals surface area contributed by atoms with Gasteiger partial charge in [-0.05, 0) is 65.1 Å². The zero-order valence-corrected chi connectivity index (χ0v) is 25.8. The maximum atomic E-state index is 14.7. The largest absolute Gasteiger partial charge is 0.336 e. The van der Waals surface area contributed by atoms with Gasteiger partial charge in [0, 0.05) is 42.9 Å². The molecule has 3 aromatic carbocycles. The number of halogens is 1. The van der Waals surface area contributed by atoms with Gasteiger partial charge in [-0.1, -0.05) is 48.5 Å². The minimum atomic E-state index is -3.19. The normalized spacial score (nSPS) is 11.9. The number of imidazole rings is 1. The van der Waals surface area contributed by atoms with Gasteiger partial charge in [-0.3, -0.25) is 10.1 Å². The van der Waals surface area contributed by atoms with Crippen LogP contribution < -0.4 is 5.32 Å². The van der Waals surface area contributed by atoms with Crippen LogP contribution in [0.4, 0.5) is 4.39 Å². The molecule has 0 saturated carbocycles. The van der Waals surface area contributed by atoms with Gasteiger partial charge >= 0.3 is 0 Å². The number of H-pyrrole nitrogens is 2. The van der Waals surface area contributed by atoms with E-state index in [0.29, 0.717) is 40.2 Å². The second kappa shape index (κ2) is 12.3. The average molecular weight is 632 g/mol. The Kier molecular flexibility index (Phi) is 7.85. The number of rotatable bonds is 10. The minimum absolute atomic E-state index is 0.0562. The van der Waals surface area contributed by atoms with Crippen LogP contribution >= 0.6 is 0 Å². The highest BCUT2D eigenvalue weighted by Gasteiger charge is 2.18. The first-order valence-corrected chi connectivity index (χ1v) is 16.9. The van der Waals surface area contributed by atoms with Gasteiger partial charge in [0.15, 0.2) is 11.5 Å². The Hall–Kier alpha value is -5.26. The highest BCUT2D eigenvalue weighted by molar-refractivity contribution is 7.90. The van der Waals surface area contributed by atoms with Gasteiger partial charge in [0.25, 0.3) is 0 Å². The zero-order chi connectivity index (χ0) is 31.7. The smallest absolute Gasteiger partial charge is 0.161 e. The van der Waals surface area contributed by atoms with Gasteiger partial charge in [0.05, 0.1) is 28.0 Å². The third kappa shape index (κ3) is 6.42. The highest BCUT2D eigenvalue weighted by Crippen LogP contribution is 2.33. The Bertz CT molecular complexity index is 2300. The summed E-state index contributed by atoms with van der Waals surface area (Å²) in [5.74, 6) is 0.0256. The van der Waals surface area contributed by atoms with Crippen LogP contribution in [0, 0.1) is 5.82 Å². The number of nitrogens with zero attached hydrogens (tertiary/aromatic N) is 4. The van der Waals surface area contributed by atoms with E-state index >= 15 is 0 Å². The number of hydrogen-bond acceptors (Lipinski definition) is 7. The molecule has 0 aliphatic heterocycles. The van der Waals surface area contributed by atoms with Crippen molar-refractivity contribution < 1.29 is 12.8 Å². The van der Waals surface area contributed by atoms with Crippen LogP contribution in [-0.4, -0.2) is 50.6 Å². The first-order valence-electron chi connectivity index (χ1n) is 14.8. The van der Waals surface area contributed by atoms with E-state index in [1.807, 2.05) is 60.8 Å². The molecule has 3 N–H and O–H groups in total. The molecule has 0 radical (unpaired) electrons. The van der Waals surface area contributed by atoms with E-state index in [4.69, 9.17) is 9.97 Å². The van der Waals surface area contributed by atoms with Crippen LogP contribution in [0.3, 0.4) is 0 Å². The van der Waals surface area contributed by atoms with E-state index in [2.05, 4.69) is 43.7 Å². The van der Waals surface area contributed by atoms with Crippen LogP contribution in [0.15, 0.2) is 97.3 Å². The summed E-state index contributed by atoms with van der Waals surface area (Å²) in [7, 11) is -3.19. The second-order valence-electron chi connectivity index (χ2n) is 11.4. The Morgan fingerprint density at radius 2 is 1.61 bits per heavy atom. The number of para-hydroxylation sites is 1. The predicted molar refractivity (Wildman–Crippen MR) is 178 cm³/mol. The molecule has 0 bridgehead atoms. The van der Waals surface area contributed by atoms with Crippen molar-refractivity contribution in [3.05, 3.63) is 120 Å². The molecular formula is C35H30FN7O2S. The number of fused-ring (bicyclic) bond motifs is 2. The van der Waals surface area contributed by atoms with Crippen molar-refractivity contribution >= 4 is 31.9 Å². The molecule has 4 aromatic heterocycles.